The molecule has 1 aromatic carbocycles. The number of carbonyl (C=O) groups excluding carboxylic acids is 1. The third-order valence-corrected chi connectivity index (χ3v) is 2.39. The molecule has 2 aromatic rings. The van der Waals surface area contributed by atoms with Gasteiger partial charge in [-0.15, -0.1) is 0 Å². The van der Waals surface area contributed by atoms with Gasteiger partial charge in [0.1, 0.15) is 0 Å². The molecule has 0 aliphatic carbocycles. The molecule has 0 aliphatic heterocycles. The van der Waals surface area contributed by atoms with Crippen molar-refractivity contribution in [3.63, 3.8) is 0 Å². The maximum absolute atomic E-state index is 11.5. The lowest BCUT2D eigenvalue weighted by Gasteiger charge is -2.06. The summed E-state index contributed by atoms with van der Waals surface area (Å²) >= 11 is 0. The van der Waals surface area contributed by atoms with Crippen LogP contribution in [0.25, 0.3) is 10.8 Å². The third-order valence-electron chi connectivity index (χ3n) is 2.39. The summed E-state index contributed by atoms with van der Waals surface area (Å²) in [4.78, 5) is 26.1. The van der Waals surface area contributed by atoms with Crippen molar-refractivity contribution in [2.24, 2.45) is 0 Å². The van der Waals surface area contributed by atoms with Crippen LogP contribution in [0.1, 0.15) is 10.4 Å². The first-order chi connectivity index (χ1) is 8.15. The van der Waals surface area contributed by atoms with Gasteiger partial charge in [0, 0.05) is 17.0 Å². The molecule has 2 rings (SSSR count). The molecule has 0 spiro atoms. The Morgan fingerprint density at radius 3 is 2.47 bits per heavy atom. The number of rotatable bonds is 3. The standard InChI is InChI=1S/C12H9NO4/c1-17-11-8-5-3-2-4-7(8)9(6-13-11)10(14)12(15)16/h2-6H,1H3,(H,15,16). The minimum Gasteiger partial charge on any atom is -0.481 e. The number of fused-ring (bicyclic) bond motifs is 1. The number of ether oxygens (including phenoxy) is 1. The number of hydrogen-bond acceptors (Lipinski definition) is 4. The molecule has 0 atom stereocenters. The lowest BCUT2D eigenvalue weighted by molar-refractivity contribution is -0.131. The molecular formula is C12H9NO4. The van der Waals surface area contributed by atoms with Crippen LogP contribution in [0.4, 0.5) is 0 Å². The second kappa shape index (κ2) is 4.21. The average molecular weight is 231 g/mol. The van der Waals surface area contributed by atoms with Gasteiger partial charge in [0.2, 0.25) is 5.88 Å². The minimum absolute atomic E-state index is 0.0638. The Bertz CT molecular complexity index is 606. The van der Waals surface area contributed by atoms with Gasteiger partial charge in [-0.2, -0.15) is 0 Å². The Hall–Kier alpha value is -2.43. The van der Waals surface area contributed by atoms with Gasteiger partial charge >= 0.3 is 5.97 Å². The third kappa shape index (κ3) is 1.82. The smallest absolute Gasteiger partial charge is 0.377 e. The van der Waals surface area contributed by atoms with Gasteiger partial charge in [0.25, 0.3) is 5.78 Å². The molecule has 1 heterocycles. The number of nitrogens with zero attached hydrogens (tertiary/aromatic N) is 1. The van der Waals surface area contributed by atoms with Crippen molar-refractivity contribution < 1.29 is 19.4 Å². The van der Waals surface area contributed by atoms with Gasteiger partial charge < -0.3 is 9.84 Å². The monoisotopic (exact) mass is 231 g/mol. The van der Waals surface area contributed by atoms with Gasteiger partial charge in [-0.25, -0.2) is 9.78 Å². The molecule has 0 saturated heterocycles. The predicted molar refractivity (Wildman–Crippen MR) is 60.3 cm³/mol. The summed E-state index contributed by atoms with van der Waals surface area (Å²) in [6.45, 7) is 0. The van der Waals surface area contributed by atoms with Crippen molar-refractivity contribution in [2.45, 2.75) is 0 Å². The summed E-state index contributed by atoms with van der Waals surface area (Å²) < 4.78 is 5.05. The zero-order valence-corrected chi connectivity index (χ0v) is 9.01. The number of aliphatic carboxylic acids is 1. The van der Waals surface area contributed by atoms with E-state index in [2.05, 4.69) is 4.98 Å². The molecule has 1 N–H and O–H groups in total. The van der Waals surface area contributed by atoms with Gasteiger partial charge in [0.05, 0.1) is 12.7 Å². The molecule has 1 aromatic heterocycles. The lowest BCUT2D eigenvalue weighted by atomic mass is 10.0. The molecule has 0 radical (unpaired) electrons. The normalized spacial score (nSPS) is 10.2. The van der Waals surface area contributed by atoms with E-state index in [1.54, 1.807) is 24.3 Å². The summed E-state index contributed by atoms with van der Waals surface area (Å²) in [6, 6.07) is 6.87. The van der Waals surface area contributed by atoms with Crippen LogP contribution in [0.2, 0.25) is 0 Å². The molecule has 17 heavy (non-hydrogen) atoms. The second-order valence-electron chi connectivity index (χ2n) is 3.36. The number of hydrogen-bond donors (Lipinski definition) is 1. The van der Waals surface area contributed by atoms with Crippen molar-refractivity contribution in [2.75, 3.05) is 7.11 Å². The molecule has 0 fully saturated rings. The number of pyridine rings is 1. The molecule has 0 aliphatic rings. The zero-order chi connectivity index (χ0) is 12.4. The number of methoxy groups -OCH3 is 1. The van der Waals surface area contributed by atoms with Gasteiger partial charge in [0.15, 0.2) is 0 Å². The molecular weight excluding hydrogens is 222 g/mol. The summed E-state index contributed by atoms with van der Waals surface area (Å²) in [7, 11) is 1.47. The number of ketones is 1. The van der Waals surface area contributed by atoms with E-state index in [-0.39, 0.29) is 5.56 Å². The fourth-order valence-electron chi connectivity index (χ4n) is 1.63. The number of aromatic nitrogens is 1. The van der Waals surface area contributed by atoms with E-state index < -0.39 is 11.8 Å². The van der Waals surface area contributed by atoms with Gasteiger partial charge in [-0.05, 0) is 6.07 Å². The van der Waals surface area contributed by atoms with Crippen LogP contribution >= 0.6 is 0 Å². The SMILES string of the molecule is COc1ncc(C(=O)C(=O)O)c2ccccc12. The van der Waals surface area contributed by atoms with Crippen LogP contribution in [-0.4, -0.2) is 29.0 Å². The van der Waals surface area contributed by atoms with E-state index in [4.69, 9.17) is 9.84 Å². The first kappa shape index (κ1) is 11.1. The molecule has 0 amide bonds. The van der Waals surface area contributed by atoms with Gasteiger partial charge in [-0.3, -0.25) is 4.79 Å². The fraction of sp³-hybridized carbons (Fsp3) is 0.0833. The van der Waals surface area contributed by atoms with Crippen LogP contribution in [0.5, 0.6) is 5.88 Å². The maximum Gasteiger partial charge on any atom is 0.377 e. The number of carboxylic acid groups (broad SMARTS) is 1. The number of carbonyl (C=O) groups is 2. The topological polar surface area (TPSA) is 76.5 Å². The van der Waals surface area contributed by atoms with Crippen LogP contribution in [0.3, 0.4) is 0 Å². The van der Waals surface area contributed by atoms with E-state index in [9.17, 15) is 9.59 Å². The minimum atomic E-state index is -1.50. The zero-order valence-electron chi connectivity index (χ0n) is 9.01. The van der Waals surface area contributed by atoms with Crippen LogP contribution in [0.15, 0.2) is 30.5 Å². The summed E-state index contributed by atoms with van der Waals surface area (Å²) in [5.74, 6) is -2.11. The van der Waals surface area contributed by atoms with Crippen molar-refractivity contribution in [3.8, 4) is 5.88 Å². The van der Waals surface area contributed by atoms with E-state index >= 15 is 0 Å². The van der Waals surface area contributed by atoms with E-state index in [1.165, 1.54) is 13.3 Å². The number of Topliss-reactive ketones (excluding diaryl/α,β-unsaturated/α-hetero) is 1. The Labute approximate surface area is 96.7 Å². The first-order valence-corrected chi connectivity index (χ1v) is 4.84. The van der Waals surface area contributed by atoms with Gasteiger partial charge in [-0.1, -0.05) is 18.2 Å². The quantitative estimate of drug-likeness (QED) is 0.640. The van der Waals surface area contributed by atoms with Crippen molar-refractivity contribution in [1.29, 1.82) is 0 Å². The second-order valence-corrected chi connectivity index (χ2v) is 3.36. The average Bonchev–Trinajstić information content (AvgIpc) is 2.36. The highest BCUT2D eigenvalue weighted by molar-refractivity contribution is 6.42. The molecule has 5 nitrogen and oxygen atoms in total. The lowest BCUT2D eigenvalue weighted by Crippen LogP contribution is -2.13. The molecule has 0 unspecified atom stereocenters. The summed E-state index contributed by atoms with van der Waals surface area (Å²) in [5.41, 5.74) is 0.0638. The maximum atomic E-state index is 11.5. The fourth-order valence-corrected chi connectivity index (χ4v) is 1.63. The van der Waals surface area contributed by atoms with Crippen molar-refractivity contribution in [1.82, 2.24) is 4.98 Å². The Balaban J connectivity index is 2.75. The van der Waals surface area contributed by atoms with Crippen LogP contribution < -0.4 is 4.74 Å². The molecule has 0 bridgehead atoms. The highest BCUT2D eigenvalue weighted by atomic mass is 16.5. The predicted octanol–water partition coefficient (Wildman–Crippen LogP) is 1.51. The summed E-state index contributed by atoms with van der Waals surface area (Å²) in [6.07, 6.45) is 1.22. The van der Waals surface area contributed by atoms with E-state index in [0.717, 1.165) is 0 Å². The van der Waals surface area contributed by atoms with Crippen molar-refractivity contribution in [3.05, 3.63) is 36.0 Å². The van der Waals surface area contributed by atoms with Crippen LogP contribution in [-0.2, 0) is 4.79 Å². The number of benzene rings is 1. The highest BCUT2D eigenvalue weighted by Crippen LogP contribution is 2.25. The van der Waals surface area contributed by atoms with Crippen molar-refractivity contribution >= 4 is 22.5 Å². The molecule has 5 heteroatoms. The summed E-state index contributed by atoms with van der Waals surface area (Å²) in [5, 5.41) is 9.85. The first-order valence-electron chi connectivity index (χ1n) is 4.84. The Kier molecular flexibility index (Phi) is 2.74. The van der Waals surface area contributed by atoms with E-state index in [1.807, 2.05) is 0 Å². The van der Waals surface area contributed by atoms with Crippen LogP contribution in [0, 0.1) is 0 Å². The number of carboxylic acids is 1. The largest absolute Gasteiger partial charge is 0.481 e. The Morgan fingerprint density at radius 1 is 1.24 bits per heavy atom. The molecule has 86 valence electrons. The highest BCUT2D eigenvalue weighted by Gasteiger charge is 2.19. The van der Waals surface area contributed by atoms with E-state index in [0.29, 0.717) is 16.7 Å². The Morgan fingerprint density at radius 2 is 1.88 bits per heavy atom. The molecule has 0 saturated carbocycles.